The third-order valence-corrected chi connectivity index (χ3v) is 3.76. The first-order valence-corrected chi connectivity index (χ1v) is 7.50. The molecule has 0 aliphatic rings. The molecule has 1 N–H and O–H groups in total. The second kappa shape index (κ2) is 5.71. The topological polar surface area (TPSA) is 45.8 Å². The van der Waals surface area contributed by atoms with Crippen molar-refractivity contribution >= 4 is 27.7 Å². The maximum Gasteiger partial charge on any atom is 0.254 e. The molecule has 1 aromatic heterocycles. The van der Waals surface area contributed by atoms with Crippen molar-refractivity contribution in [3.8, 4) is 0 Å². The van der Waals surface area contributed by atoms with Gasteiger partial charge in [0.2, 0.25) is 0 Å². The lowest BCUT2D eigenvalue weighted by Gasteiger charge is -2.06. The highest BCUT2D eigenvalue weighted by molar-refractivity contribution is 9.10. The molecule has 0 spiro atoms. The summed E-state index contributed by atoms with van der Waals surface area (Å²) in [4.78, 5) is 19.0. The van der Waals surface area contributed by atoms with Crippen LogP contribution < -0.4 is 5.56 Å². The average molecular weight is 325 g/mol. The summed E-state index contributed by atoms with van der Waals surface area (Å²) in [7, 11) is 0. The lowest BCUT2D eigenvalue weighted by Crippen LogP contribution is -2.16. The van der Waals surface area contributed by atoms with E-state index in [2.05, 4.69) is 25.9 Å². The van der Waals surface area contributed by atoms with E-state index in [1.54, 1.807) is 0 Å². The minimum Gasteiger partial charge on any atom is -0.301 e. The molecule has 0 aliphatic carbocycles. The summed E-state index contributed by atoms with van der Waals surface area (Å²) in [6.07, 6.45) is 2.57. The fraction of sp³-hybridized carbons (Fsp3) is 0.231. The van der Waals surface area contributed by atoms with E-state index in [0.29, 0.717) is 17.1 Å². The normalized spacial score (nSPS) is 10.6. The van der Waals surface area contributed by atoms with E-state index in [1.165, 1.54) is 11.8 Å². The maximum absolute atomic E-state index is 11.8. The Morgan fingerprint density at radius 3 is 2.89 bits per heavy atom. The summed E-state index contributed by atoms with van der Waals surface area (Å²) in [6, 6.07) is 8.04. The van der Waals surface area contributed by atoms with Crippen molar-refractivity contribution in [2.75, 3.05) is 6.26 Å². The number of halogens is 1. The van der Waals surface area contributed by atoms with Gasteiger partial charge in [0, 0.05) is 16.5 Å². The number of hydrogen-bond acceptors (Lipinski definition) is 3. The second-order valence-corrected chi connectivity index (χ2v) is 5.66. The van der Waals surface area contributed by atoms with Crippen LogP contribution in [0.1, 0.15) is 16.8 Å². The van der Waals surface area contributed by atoms with Crippen LogP contribution in [-0.2, 0) is 6.42 Å². The number of benzene rings is 1. The SMILES string of the molecule is CSc1nc(Cc2cccc(Br)c2)c(C)c(=O)[nH]1. The molecule has 0 bridgehead atoms. The summed E-state index contributed by atoms with van der Waals surface area (Å²) < 4.78 is 1.03. The van der Waals surface area contributed by atoms with Gasteiger partial charge in [0.1, 0.15) is 0 Å². The van der Waals surface area contributed by atoms with Crippen LogP contribution in [-0.4, -0.2) is 16.2 Å². The number of rotatable bonds is 3. The summed E-state index contributed by atoms with van der Waals surface area (Å²) in [5, 5.41) is 0.663. The van der Waals surface area contributed by atoms with Crippen LogP contribution in [0.25, 0.3) is 0 Å². The Hall–Kier alpha value is -1.07. The minimum atomic E-state index is -0.0562. The largest absolute Gasteiger partial charge is 0.301 e. The molecule has 0 atom stereocenters. The quantitative estimate of drug-likeness (QED) is 0.696. The number of hydrogen-bond donors (Lipinski definition) is 1. The van der Waals surface area contributed by atoms with Gasteiger partial charge in [0.25, 0.3) is 5.56 Å². The second-order valence-electron chi connectivity index (χ2n) is 3.95. The van der Waals surface area contributed by atoms with Crippen molar-refractivity contribution in [1.82, 2.24) is 9.97 Å². The van der Waals surface area contributed by atoms with Crippen molar-refractivity contribution in [3.63, 3.8) is 0 Å². The summed E-state index contributed by atoms with van der Waals surface area (Å²) in [6.45, 7) is 1.81. The van der Waals surface area contributed by atoms with Gasteiger partial charge >= 0.3 is 0 Å². The molecule has 2 rings (SSSR count). The van der Waals surface area contributed by atoms with E-state index < -0.39 is 0 Å². The van der Waals surface area contributed by atoms with E-state index in [-0.39, 0.29) is 5.56 Å². The Morgan fingerprint density at radius 1 is 1.44 bits per heavy atom. The Balaban J connectivity index is 2.39. The zero-order valence-electron chi connectivity index (χ0n) is 10.2. The smallest absolute Gasteiger partial charge is 0.254 e. The Kier molecular flexibility index (Phi) is 4.24. The van der Waals surface area contributed by atoms with Gasteiger partial charge in [0.15, 0.2) is 5.16 Å². The van der Waals surface area contributed by atoms with Gasteiger partial charge in [0.05, 0.1) is 5.69 Å². The lowest BCUT2D eigenvalue weighted by atomic mass is 10.1. The molecule has 0 fully saturated rings. The molecule has 0 saturated heterocycles. The lowest BCUT2D eigenvalue weighted by molar-refractivity contribution is 0.860. The van der Waals surface area contributed by atoms with Gasteiger partial charge in [-0.25, -0.2) is 4.98 Å². The fourth-order valence-corrected chi connectivity index (χ4v) is 2.51. The third-order valence-electron chi connectivity index (χ3n) is 2.68. The monoisotopic (exact) mass is 324 g/mol. The van der Waals surface area contributed by atoms with E-state index in [1.807, 2.05) is 37.4 Å². The van der Waals surface area contributed by atoms with Gasteiger partial charge in [-0.15, -0.1) is 0 Å². The first-order valence-electron chi connectivity index (χ1n) is 5.48. The van der Waals surface area contributed by atoms with Gasteiger partial charge in [-0.1, -0.05) is 39.8 Å². The van der Waals surface area contributed by atoms with Crippen LogP contribution in [0.3, 0.4) is 0 Å². The zero-order valence-corrected chi connectivity index (χ0v) is 12.6. The van der Waals surface area contributed by atoms with Gasteiger partial charge in [-0.05, 0) is 30.9 Å². The van der Waals surface area contributed by atoms with Crippen molar-refractivity contribution in [3.05, 3.63) is 55.9 Å². The predicted octanol–water partition coefficient (Wildman–Crippen LogP) is 3.15. The molecule has 0 radical (unpaired) electrons. The highest BCUT2D eigenvalue weighted by atomic mass is 79.9. The Labute approximate surface area is 118 Å². The summed E-state index contributed by atoms with van der Waals surface area (Å²) in [5.41, 5.74) is 2.60. The summed E-state index contributed by atoms with van der Waals surface area (Å²) in [5.74, 6) is 0. The van der Waals surface area contributed by atoms with Crippen molar-refractivity contribution in [2.24, 2.45) is 0 Å². The molecule has 5 heteroatoms. The maximum atomic E-state index is 11.8. The average Bonchev–Trinajstić information content (AvgIpc) is 2.34. The molecule has 3 nitrogen and oxygen atoms in total. The van der Waals surface area contributed by atoms with Crippen LogP contribution in [0, 0.1) is 6.92 Å². The molecule has 18 heavy (non-hydrogen) atoms. The molecule has 0 aliphatic heterocycles. The molecule has 0 amide bonds. The summed E-state index contributed by atoms with van der Waals surface area (Å²) >= 11 is 4.89. The van der Waals surface area contributed by atoms with Crippen LogP contribution >= 0.6 is 27.7 Å². The molecule has 1 heterocycles. The van der Waals surface area contributed by atoms with Crippen LogP contribution in [0.2, 0.25) is 0 Å². The van der Waals surface area contributed by atoms with E-state index >= 15 is 0 Å². The molecule has 94 valence electrons. The molecule has 1 aromatic carbocycles. The first-order chi connectivity index (χ1) is 8.60. The van der Waals surface area contributed by atoms with Crippen molar-refractivity contribution in [2.45, 2.75) is 18.5 Å². The molecule has 2 aromatic rings. The highest BCUT2D eigenvalue weighted by Gasteiger charge is 2.08. The van der Waals surface area contributed by atoms with E-state index in [9.17, 15) is 4.79 Å². The van der Waals surface area contributed by atoms with Crippen molar-refractivity contribution in [1.29, 1.82) is 0 Å². The van der Waals surface area contributed by atoms with Crippen LogP contribution in [0.4, 0.5) is 0 Å². The molecule has 0 saturated carbocycles. The Morgan fingerprint density at radius 2 is 2.22 bits per heavy atom. The number of aromatic nitrogens is 2. The fourth-order valence-electron chi connectivity index (χ4n) is 1.67. The first kappa shape index (κ1) is 13.4. The minimum absolute atomic E-state index is 0.0562. The van der Waals surface area contributed by atoms with Gasteiger partial charge in [-0.2, -0.15) is 0 Å². The molecule has 0 unspecified atom stereocenters. The number of H-pyrrole nitrogens is 1. The van der Waals surface area contributed by atoms with E-state index in [0.717, 1.165) is 15.7 Å². The number of nitrogens with one attached hydrogen (secondary N) is 1. The highest BCUT2D eigenvalue weighted by Crippen LogP contribution is 2.16. The molecular formula is C13H13BrN2OS. The molecular weight excluding hydrogens is 312 g/mol. The van der Waals surface area contributed by atoms with Gasteiger partial charge < -0.3 is 4.98 Å². The standard InChI is InChI=1S/C13H13BrN2OS/c1-8-11(15-13(18-2)16-12(8)17)7-9-4-3-5-10(14)6-9/h3-6H,7H2,1-2H3,(H,15,16,17). The zero-order chi connectivity index (χ0) is 13.1. The van der Waals surface area contributed by atoms with Crippen LogP contribution in [0.5, 0.6) is 0 Å². The predicted molar refractivity (Wildman–Crippen MR) is 78.3 cm³/mol. The third kappa shape index (κ3) is 3.03. The number of thioether (sulfide) groups is 1. The van der Waals surface area contributed by atoms with Crippen molar-refractivity contribution < 1.29 is 0 Å². The Bertz CT molecular complexity index is 625. The van der Waals surface area contributed by atoms with E-state index in [4.69, 9.17) is 0 Å². The number of nitrogens with zero attached hydrogens (tertiary/aromatic N) is 1. The van der Waals surface area contributed by atoms with Crippen LogP contribution in [0.15, 0.2) is 38.7 Å². The van der Waals surface area contributed by atoms with Gasteiger partial charge in [-0.3, -0.25) is 4.79 Å². The number of aromatic amines is 1.